The average Bonchev–Trinajstić information content (AvgIpc) is 3.38. The number of ketones is 1. The summed E-state index contributed by atoms with van der Waals surface area (Å²) in [6.45, 7) is 3.09. The Balaban J connectivity index is 1.31. The van der Waals surface area contributed by atoms with Gasteiger partial charge in [0.25, 0.3) is 5.91 Å². The van der Waals surface area contributed by atoms with Crippen molar-refractivity contribution in [2.24, 2.45) is 0 Å². The molecule has 0 aliphatic carbocycles. The summed E-state index contributed by atoms with van der Waals surface area (Å²) in [6, 6.07) is 20.4. The number of hydrogen-bond donors (Lipinski definition) is 1. The molecule has 1 aliphatic rings. The van der Waals surface area contributed by atoms with E-state index in [1.54, 1.807) is 35.2 Å². The van der Waals surface area contributed by atoms with Gasteiger partial charge >= 0.3 is 0 Å². The van der Waals surface area contributed by atoms with Crippen LogP contribution in [0.5, 0.6) is 0 Å². The first-order chi connectivity index (χ1) is 15.6. The number of hydrogen-bond acceptors (Lipinski definition) is 5. The maximum absolute atomic E-state index is 13.2. The highest BCUT2D eigenvalue weighted by molar-refractivity contribution is 7.12. The molecule has 0 unspecified atom stereocenters. The van der Waals surface area contributed by atoms with Gasteiger partial charge in [0.15, 0.2) is 0 Å². The first-order valence-electron chi connectivity index (χ1n) is 10.6. The fraction of sp³-hybridized carbons (Fsp3) is 0.240. The van der Waals surface area contributed by atoms with E-state index in [9.17, 15) is 14.4 Å². The normalized spacial score (nSPS) is 14.2. The minimum atomic E-state index is -0.140. The van der Waals surface area contributed by atoms with Crippen LogP contribution >= 0.6 is 11.3 Å². The van der Waals surface area contributed by atoms with Gasteiger partial charge in [0, 0.05) is 38.3 Å². The van der Waals surface area contributed by atoms with Crippen molar-refractivity contribution >= 4 is 28.9 Å². The molecule has 2 aromatic carbocycles. The van der Waals surface area contributed by atoms with Crippen molar-refractivity contribution in [1.29, 1.82) is 0 Å². The number of amides is 2. The summed E-state index contributed by atoms with van der Waals surface area (Å²) in [6.07, 6.45) is 0. The lowest BCUT2D eigenvalue weighted by atomic mass is 10.0. The molecule has 1 fully saturated rings. The molecule has 32 heavy (non-hydrogen) atoms. The van der Waals surface area contributed by atoms with Crippen LogP contribution in [0.3, 0.4) is 0 Å². The molecule has 0 bridgehead atoms. The monoisotopic (exact) mass is 447 g/mol. The lowest BCUT2D eigenvalue weighted by Gasteiger charge is -2.34. The number of benzene rings is 2. The van der Waals surface area contributed by atoms with Gasteiger partial charge in [0.1, 0.15) is 0 Å². The quantitative estimate of drug-likeness (QED) is 0.565. The van der Waals surface area contributed by atoms with Crippen molar-refractivity contribution < 1.29 is 14.4 Å². The van der Waals surface area contributed by atoms with Gasteiger partial charge in [-0.05, 0) is 23.1 Å². The molecule has 6 nitrogen and oxygen atoms in total. The van der Waals surface area contributed by atoms with Crippen LogP contribution in [0.1, 0.15) is 31.2 Å². The Morgan fingerprint density at radius 1 is 0.812 bits per heavy atom. The number of carbonyl (C=O) groups excluding carboxylic acids is 3. The maximum Gasteiger partial charge on any atom is 0.254 e. The van der Waals surface area contributed by atoms with Crippen LogP contribution in [-0.2, 0) is 11.3 Å². The number of nitrogens with one attached hydrogen (secondary N) is 1. The number of piperazine rings is 1. The third kappa shape index (κ3) is 5.30. The predicted octanol–water partition coefficient (Wildman–Crippen LogP) is 3.05. The van der Waals surface area contributed by atoms with Crippen molar-refractivity contribution in [2.45, 2.75) is 6.54 Å². The minimum absolute atomic E-state index is 0.0273. The second-order valence-electron chi connectivity index (χ2n) is 7.68. The molecule has 0 spiro atoms. The summed E-state index contributed by atoms with van der Waals surface area (Å²) >= 11 is 1.37. The second-order valence-corrected chi connectivity index (χ2v) is 8.63. The molecular formula is C25H25N3O3S. The molecule has 4 rings (SSSR count). The van der Waals surface area contributed by atoms with Crippen LogP contribution in [0.15, 0.2) is 72.1 Å². The topological polar surface area (TPSA) is 69.7 Å². The zero-order chi connectivity index (χ0) is 22.3. The fourth-order valence-corrected chi connectivity index (χ4v) is 4.42. The van der Waals surface area contributed by atoms with E-state index in [0.717, 1.165) is 5.56 Å². The molecule has 164 valence electrons. The van der Waals surface area contributed by atoms with E-state index in [-0.39, 0.29) is 17.6 Å². The van der Waals surface area contributed by atoms with Gasteiger partial charge in [-0.1, -0.05) is 54.6 Å². The smallest absolute Gasteiger partial charge is 0.254 e. The minimum Gasteiger partial charge on any atom is -0.351 e. The summed E-state index contributed by atoms with van der Waals surface area (Å²) in [4.78, 5) is 42.7. The Labute approximate surface area is 191 Å². The van der Waals surface area contributed by atoms with Gasteiger partial charge in [-0.2, -0.15) is 0 Å². The predicted molar refractivity (Wildman–Crippen MR) is 125 cm³/mol. The van der Waals surface area contributed by atoms with Gasteiger partial charge < -0.3 is 10.2 Å². The zero-order valence-corrected chi connectivity index (χ0v) is 18.5. The van der Waals surface area contributed by atoms with Crippen LogP contribution in [0.4, 0.5) is 0 Å². The van der Waals surface area contributed by atoms with E-state index in [1.807, 2.05) is 46.7 Å². The highest BCUT2D eigenvalue weighted by Crippen LogP contribution is 2.20. The molecule has 0 saturated carbocycles. The zero-order valence-electron chi connectivity index (χ0n) is 17.7. The van der Waals surface area contributed by atoms with Crippen LogP contribution in [0.2, 0.25) is 0 Å². The van der Waals surface area contributed by atoms with E-state index in [2.05, 4.69) is 5.32 Å². The summed E-state index contributed by atoms with van der Waals surface area (Å²) in [5.74, 6) is -0.295. The fourth-order valence-electron chi connectivity index (χ4n) is 3.74. The first kappa shape index (κ1) is 21.9. The highest BCUT2D eigenvalue weighted by atomic mass is 32.1. The van der Waals surface area contributed by atoms with Gasteiger partial charge in [-0.25, -0.2) is 0 Å². The molecule has 2 amide bonds. The Hall–Kier alpha value is -3.29. The second kappa shape index (κ2) is 10.3. The Kier molecular flexibility index (Phi) is 7.09. The number of carbonyl (C=O) groups is 3. The third-order valence-electron chi connectivity index (χ3n) is 5.51. The maximum atomic E-state index is 13.2. The van der Waals surface area contributed by atoms with Gasteiger partial charge in [0.05, 0.1) is 17.0 Å². The summed E-state index contributed by atoms with van der Waals surface area (Å²) in [5, 5.41) is 4.80. The standard InChI is InChI=1S/C25H25N3O3S/c29-23(26-17-19-7-2-1-3-8-19)18-27-12-14-28(15-13-27)25(31)21-10-5-4-9-20(21)24(30)22-11-6-16-32-22/h1-11,16H,12-15,17-18H2,(H,26,29). The summed E-state index contributed by atoms with van der Waals surface area (Å²) < 4.78 is 0. The molecular weight excluding hydrogens is 422 g/mol. The molecule has 7 heteroatoms. The molecule has 1 N–H and O–H groups in total. The van der Waals surface area contributed by atoms with Gasteiger partial charge in [-0.15, -0.1) is 11.3 Å². The largest absolute Gasteiger partial charge is 0.351 e. The van der Waals surface area contributed by atoms with E-state index in [1.165, 1.54) is 11.3 Å². The highest BCUT2D eigenvalue weighted by Gasteiger charge is 2.26. The van der Waals surface area contributed by atoms with Crippen molar-refractivity contribution in [2.75, 3.05) is 32.7 Å². The Bertz CT molecular complexity index is 1070. The van der Waals surface area contributed by atoms with Crippen molar-refractivity contribution in [3.05, 3.63) is 93.7 Å². The van der Waals surface area contributed by atoms with E-state index in [4.69, 9.17) is 0 Å². The van der Waals surface area contributed by atoms with Crippen molar-refractivity contribution in [1.82, 2.24) is 15.1 Å². The number of thiophene rings is 1. The van der Waals surface area contributed by atoms with Crippen LogP contribution in [-0.4, -0.2) is 60.1 Å². The lowest BCUT2D eigenvalue weighted by molar-refractivity contribution is -0.122. The van der Waals surface area contributed by atoms with Crippen molar-refractivity contribution in [3.63, 3.8) is 0 Å². The number of nitrogens with zero attached hydrogens (tertiary/aromatic N) is 2. The molecule has 1 aromatic heterocycles. The Morgan fingerprint density at radius 2 is 1.50 bits per heavy atom. The van der Waals surface area contributed by atoms with E-state index >= 15 is 0 Å². The lowest BCUT2D eigenvalue weighted by Crippen LogP contribution is -2.51. The van der Waals surface area contributed by atoms with Crippen LogP contribution < -0.4 is 5.32 Å². The summed E-state index contributed by atoms with van der Waals surface area (Å²) in [7, 11) is 0. The van der Waals surface area contributed by atoms with Crippen LogP contribution in [0, 0.1) is 0 Å². The molecule has 2 heterocycles. The average molecular weight is 448 g/mol. The van der Waals surface area contributed by atoms with Crippen LogP contribution in [0.25, 0.3) is 0 Å². The van der Waals surface area contributed by atoms with E-state index < -0.39 is 0 Å². The molecule has 1 saturated heterocycles. The summed E-state index contributed by atoms with van der Waals surface area (Å²) in [5.41, 5.74) is 1.93. The molecule has 3 aromatic rings. The SMILES string of the molecule is O=C(CN1CCN(C(=O)c2ccccc2C(=O)c2cccs2)CC1)NCc1ccccc1. The Morgan fingerprint density at radius 3 is 2.19 bits per heavy atom. The first-order valence-corrected chi connectivity index (χ1v) is 11.5. The van der Waals surface area contributed by atoms with Gasteiger partial charge in [0.2, 0.25) is 11.7 Å². The third-order valence-corrected chi connectivity index (χ3v) is 6.37. The van der Waals surface area contributed by atoms with Crippen molar-refractivity contribution in [3.8, 4) is 0 Å². The molecule has 0 radical (unpaired) electrons. The number of rotatable bonds is 7. The van der Waals surface area contributed by atoms with E-state index in [0.29, 0.717) is 55.3 Å². The molecule has 1 aliphatic heterocycles. The van der Waals surface area contributed by atoms with Gasteiger partial charge in [-0.3, -0.25) is 19.3 Å². The molecule has 0 atom stereocenters.